The summed E-state index contributed by atoms with van der Waals surface area (Å²) in [5.41, 5.74) is 5.61. The second-order valence-electron chi connectivity index (χ2n) is 5.24. The van der Waals surface area contributed by atoms with Crippen LogP contribution in [0.4, 0.5) is 0 Å². The predicted molar refractivity (Wildman–Crippen MR) is 85.1 cm³/mol. The van der Waals surface area contributed by atoms with Gasteiger partial charge in [-0.1, -0.05) is 42.0 Å². The molecule has 1 aromatic heterocycles. The zero-order valence-corrected chi connectivity index (χ0v) is 12.3. The van der Waals surface area contributed by atoms with Crippen LogP contribution in [0.5, 0.6) is 0 Å². The molecule has 0 aliphatic rings. The Morgan fingerprint density at radius 3 is 2.37 bits per heavy atom. The molecule has 0 spiro atoms. The van der Waals surface area contributed by atoms with Gasteiger partial charge in [-0.3, -0.25) is 0 Å². The molecule has 3 aromatic rings. The first-order chi connectivity index (χ1) is 9.22. The molecule has 1 heterocycles. The summed E-state index contributed by atoms with van der Waals surface area (Å²) < 4.78 is 1.43. The number of hydrogen-bond acceptors (Lipinski definition) is 1. The Morgan fingerprint density at radius 1 is 0.842 bits per heavy atom. The third kappa shape index (κ3) is 2.71. The summed E-state index contributed by atoms with van der Waals surface area (Å²) in [7, 11) is 0. The van der Waals surface area contributed by atoms with E-state index in [9.17, 15) is 0 Å². The maximum Gasteiger partial charge on any atom is 0.0372 e. The van der Waals surface area contributed by atoms with E-state index in [1.807, 2.05) is 11.3 Å². The molecule has 19 heavy (non-hydrogen) atoms. The lowest BCUT2D eigenvalue weighted by Crippen LogP contribution is -1.92. The van der Waals surface area contributed by atoms with Crippen LogP contribution in [0.15, 0.2) is 47.8 Å². The van der Waals surface area contributed by atoms with Crippen LogP contribution in [0, 0.1) is 13.8 Å². The van der Waals surface area contributed by atoms with Gasteiger partial charge in [0, 0.05) is 4.70 Å². The zero-order valence-electron chi connectivity index (χ0n) is 11.4. The first-order valence-corrected chi connectivity index (χ1v) is 7.62. The Hall–Kier alpha value is -1.60. The largest absolute Gasteiger partial charge is 0.144 e. The molecule has 0 fully saturated rings. The Labute approximate surface area is 118 Å². The third-order valence-corrected chi connectivity index (χ3v) is 4.69. The normalized spacial score (nSPS) is 11.1. The van der Waals surface area contributed by atoms with E-state index in [-0.39, 0.29) is 0 Å². The van der Waals surface area contributed by atoms with E-state index in [0.717, 1.165) is 12.8 Å². The molecule has 0 aliphatic carbocycles. The Bertz CT molecular complexity index is 689. The van der Waals surface area contributed by atoms with Gasteiger partial charge in [-0.2, -0.15) is 0 Å². The quantitative estimate of drug-likeness (QED) is 0.603. The fourth-order valence-corrected chi connectivity index (χ4v) is 3.38. The van der Waals surface area contributed by atoms with Crippen LogP contribution in [0.3, 0.4) is 0 Å². The van der Waals surface area contributed by atoms with Gasteiger partial charge in [0.1, 0.15) is 0 Å². The van der Waals surface area contributed by atoms with Crippen molar-refractivity contribution in [2.24, 2.45) is 0 Å². The summed E-state index contributed by atoms with van der Waals surface area (Å²) in [5, 5.41) is 3.57. The Balaban J connectivity index is 1.79. The highest BCUT2D eigenvalue weighted by Crippen LogP contribution is 2.26. The molecule has 0 unspecified atom stereocenters. The van der Waals surface area contributed by atoms with Crippen molar-refractivity contribution in [1.29, 1.82) is 0 Å². The molecule has 96 valence electrons. The molecule has 0 amide bonds. The number of aryl methyl sites for hydroxylation is 4. The van der Waals surface area contributed by atoms with E-state index in [1.54, 1.807) is 0 Å². The molecule has 0 N–H and O–H groups in total. The zero-order chi connectivity index (χ0) is 13.2. The van der Waals surface area contributed by atoms with E-state index in [2.05, 4.69) is 61.7 Å². The van der Waals surface area contributed by atoms with Crippen LogP contribution in [0.1, 0.15) is 22.3 Å². The Morgan fingerprint density at radius 2 is 1.58 bits per heavy atom. The smallest absolute Gasteiger partial charge is 0.0372 e. The molecule has 0 aliphatic heterocycles. The number of rotatable bonds is 3. The van der Waals surface area contributed by atoms with Crippen LogP contribution in [-0.4, -0.2) is 0 Å². The van der Waals surface area contributed by atoms with Crippen molar-refractivity contribution >= 4 is 21.4 Å². The monoisotopic (exact) mass is 266 g/mol. The van der Waals surface area contributed by atoms with Crippen molar-refractivity contribution in [3.05, 3.63) is 70.1 Å². The second-order valence-corrected chi connectivity index (χ2v) is 6.15. The van der Waals surface area contributed by atoms with E-state index >= 15 is 0 Å². The van der Waals surface area contributed by atoms with Crippen molar-refractivity contribution in [2.75, 3.05) is 0 Å². The molecule has 1 heteroatoms. The summed E-state index contributed by atoms with van der Waals surface area (Å²) in [6, 6.07) is 15.8. The minimum atomic E-state index is 1.12. The molecule has 0 saturated carbocycles. The van der Waals surface area contributed by atoms with Crippen molar-refractivity contribution in [1.82, 2.24) is 0 Å². The van der Waals surface area contributed by atoms with E-state index in [1.165, 1.54) is 32.3 Å². The van der Waals surface area contributed by atoms with Crippen molar-refractivity contribution in [3.8, 4) is 0 Å². The topological polar surface area (TPSA) is 0 Å². The maximum absolute atomic E-state index is 2.34. The van der Waals surface area contributed by atoms with Gasteiger partial charge in [0.05, 0.1) is 0 Å². The van der Waals surface area contributed by atoms with Gasteiger partial charge in [0.25, 0.3) is 0 Å². The molecule has 0 radical (unpaired) electrons. The van der Waals surface area contributed by atoms with Gasteiger partial charge < -0.3 is 0 Å². The molecule has 2 aromatic carbocycles. The van der Waals surface area contributed by atoms with E-state index in [0.29, 0.717) is 0 Å². The SMILES string of the molecule is Cc1ccc(CCc2cc(C)c3sccc3c2)cc1. The fraction of sp³-hybridized carbons (Fsp3) is 0.222. The first kappa shape index (κ1) is 12.4. The number of benzene rings is 2. The van der Waals surface area contributed by atoms with Crippen molar-refractivity contribution in [2.45, 2.75) is 26.7 Å². The average molecular weight is 266 g/mol. The minimum absolute atomic E-state index is 1.12. The summed E-state index contributed by atoms with van der Waals surface area (Å²) in [6.07, 6.45) is 2.24. The lowest BCUT2D eigenvalue weighted by molar-refractivity contribution is 0.960. The summed E-state index contributed by atoms with van der Waals surface area (Å²) >= 11 is 1.84. The van der Waals surface area contributed by atoms with Crippen molar-refractivity contribution in [3.63, 3.8) is 0 Å². The highest BCUT2D eigenvalue weighted by molar-refractivity contribution is 7.17. The van der Waals surface area contributed by atoms with Gasteiger partial charge in [-0.25, -0.2) is 0 Å². The number of hydrogen-bond donors (Lipinski definition) is 0. The van der Waals surface area contributed by atoms with Gasteiger partial charge in [0.15, 0.2) is 0 Å². The third-order valence-electron chi connectivity index (χ3n) is 3.62. The Kier molecular flexibility index (Phi) is 3.39. The molecule has 0 bridgehead atoms. The maximum atomic E-state index is 2.34. The van der Waals surface area contributed by atoms with Crippen LogP contribution in [0.25, 0.3) is 10.1 Å². The summed E-state index contributed by atoms with van der Waals surface area (Å²) in [4.78, 5) is 0. The minimum Gasteiger partial charge on any atom is -0.144 e. The number of fused-ring (bicyclic) bond motifs is 1. The average Bonchev–Trinajstić information content (AvgIpc) is 2.87. The molecule has 3 rings (SSSR count). The molecular formula is C18H18S. The molecule has 0 atom stereocenters. The van der Waals surface area contributed by atoms with Crippen LogP contribution >= 0.6 is 11.3 Å². The van der Waals surface area contributed by atoms with Crippen molar-refractivity contribution < 1.29 is 0 Å². The van der Waals surface area contributed by atoms with Crippen LogP contribution < -0.4 is 0 Å². The van der Waals surface area contributed by atoms with Gasteiger partial charge in [-0.05, 0) is 60.2 Å². The lowest BCUT2D eigenvalue weighted by Gasteiger charge is -2.05. The van der Waals surface area contributed by atoms with Gasteiger partial charge >= 0.3 is 0 Å². The summed E-state index contributed by atoms with van der Waals surface area (Å²) in [5.74, 6) is 0. The number of thiophene rings is 1. The fourth-order valence-electron chi connectivity index (χ4n) is 2.53. The molecular weight excluding hydrogens is 248 g/mol. The van der Waals surface area contributed by atoms with E-state index < -0.39 is 0 Å². The predicted octanol–water partition coefficient (Wildman–Crippen LogP) is 5.30. The second kappa shape index (κ2) is 5.18. The first-order valence-electron chi connectivity index (χ1n) is 6.75. The van der Waals surface area contributed by atoms with E-state index in [4.69, 9.17) is 0 Å². The van der Waals surface area contributed by atoms with Crippen LogP contribution in [0.2, 0.25) is 0 Å². The van der Waals surface area contributed by atoms with Crippen LogP contribution in [-0.2, 0) is 12.8 Å². The lowest BCUT2D eigenvalue weighted by atomic mass is 10.0. The molecule has 0 saturated heterocycles. The van der Waals surface area contributed by atoms with Gasteiger partial charge in [0.2, 0.25) is 0 Å². The highest BCUT2D eigenvalue weighted by Gasteiger charge is 2.03. The standard InChI is InChI=1S/C18H18S/c1-13-3-5-15(6-4-13)7-8-16-11-14(2)18-17(12-16)9-10-19-18/h3-6,9-12H,7-8H2,1-2H3. The van der Waals surface area contributed by atoms with Gasteiger partial charge in [-0.15, -0.1) is 11.3 Å². The highest BCUT2D eigenvalue weighted by atomic mass is 32.1. The molecule has 0 nitrogen and oxygen atoms in total. The summed E-state index contributed by atoms with van der Waals surface area (Å²) in [6.45, 7) is 4.35.